The van der Waals surface area contributed by atoms with Crippen LogP contribution in [0.5, 0.6) is 5.75 Å². The summed E-state index contributed by atoms with van der Waals surface area (Å²) < 4.78 is 6.34. The lowest BCUT2D eigenvalue weighted by Gasteiger charge is -2.30. The number of Topliss-reactive ketones (excluding diaryl/α,β-unsaturated/α-hetero) is 1. The van der Waals surface area contributed by atoms with Crippen LogP contribution in [-0.4, -0.2) is 22.6 Å². The van der Waals surface area contributed by atoms with Crippen molar-refractivity contribution >= 4 is 22.5 Å². The Hall–Kier alpha value is -3.40. The van der Waals surface area contributed by atoms with Gasteiger partial charge in [-0.1, -0.05) is 54.6 Å². The van der Waals surface area contributed by atoms with Crippen molar-refractivity contribution < 1.29 is 14.3 Å². The Morgan fingerprint density at radius 3 is 2.65 bits per heavy atom. The van der Waals surface area contributed by atoms with Crippen molar-refractivity contribution in [3.8, 4) is 5.75 Å². The van der Waals surface area contributed by atoms with Gasteiger partial charge in [-0.2, -0.15) is 0 Å². The Morgan fingerprint density at radius 2 is 1.84 bits per heavy atom. The number of hydrogen-bond acceptors (Lipinski definition) is 3. The molecule has 4 nitrogen and oxygen atoms in total. The minimum atomic E-state index is -0.365. The molecule has 0 bridgehead atoms. The fourth-order valence-corrected chi connectivity index (χ4v) is 4.69. The average Bonchev–Trinajstić information content (AvgIpc) is 3.11. The predicted octanol–water partition coefficient (Wildman–Crippen LogP) is 5.61. The van der Waals surface area contributed by atoms with E-state index in [0.29, 0.717) is 30.7 Å². The standard InChI is InChI=1S/C27H25NO3/c1-17-10-13-24(25(29)14-17)28-16-23-22(27(28)30)8-5-9-26(23)31-18(2)20-12-11-19-6-3-4-7-21(19)15-20/h3-9,11-12,15,18,24H,1,10,13-14,16H2,2H3. The van der Waals surface area contributed by atoms with Gasteiger partial charge in [-0.05, 0) is 54.3 Å². The van der Waals surface area contributed by atoms with Gasteiger partial charge in [0.2, 0.25) is 0 Å². The number of benzene rings is 3. The Bertz CT molecular complexity index is 1210. The summed E-state index contributed by atoms with van der Waals surface area (Å²) >= 11 is 0. The summed E-state index contributed by atoms with van der Waals surface area (Å²) in [5, 5.41) is 2.37. The van der Waals surface area contributed by atoms with Crippen LogP contribution in [0.2, 0.25) is 0 Å². The zero-order chi connectivity index (χ0) is 21.5. The van der Waals surface area contributed by atoms with Crippen LogP contribution in [0.1, 0.15) is 53.8 Å². The molecule has 156 valence electrons. The zero-order valence-electron chi connectivity index (χ0n) is 17.6. The van der Waals surface area contributed by atoms with Crippen LogP contribution in [0.3, 0.4) is 0 Å². The largest absolute Gasteiger partial charge is 0.486 e. The van der Waals surface area contributed by atoms with E-state index < -0.39 is 0 Å². The molecule has 3 aromatic rings. The van der Waals surface area contributed by atoms with Crippen LogP contribution < -0.4 is 4.74 Å². The first-order chi connectivity index (χ1) is 15.0. The maximum absolute atomic E-state index is 13.1. The number of rotatable bonds is 4. The van der Waals surface area contributed by atoms with Gasteiger partial charge in [0.1, 0.15) is 11.9 Å². The molecule has 0 N–H and O–H groups in total. The molecule has 1 aliphatic heterocycles. The minimum Gasteiger partial charge on any atom is -0.486 e. The third-order valence-corrected chi connectivity index (χ3v) is 6.44. The molecule has 2 atom stereocenters. The molecule has 2 unspecified atom stereocenters. The molecule has 0 radical (unpaired) electrons. The topological polar surface area (TPSA) is 46.6 Å². The van der Waals surface area contributed by atoms with Gasteiger partial charge in [0, 0.05) is 17.5 Å². The van der Waals surface area contributed by atoms with Crippen molar-refractivity contribution in [2.75, 3.05) is 0 Å². The number of allylic oxidation sites excluding steroid dienone is 1. The van der Waals surface area contributed by atoms with Crippen LogP contribution >= 0.6 is 0 Å². The van der Waals surface area contributed by atoms with E-state index in [4.69, 9.17) is 4.74 Å². The van der Waals surface area contributed by atoms with Crippen molar-refractivity contribution in [1.82, 2.24) is 4.90 Å². The van der Waals surface area contributed by atoms with Crippen LogP contribution in [0.15, 0.2) is 72.8 Å². The van der Waals surface area contributed by atoms with Crippen molar-refractivity contribution in [2.45, 2.75) is 44.9 Å². The molecule has 1 aliphatic carbocycles. The second-order valence-electron chi connectivity index (χ2n) is 8.53. The van der Waals surface area contributed by atoms with Gasteiger partial charge in [0.25, 0.3) is 5.91 Å². The molecule has 2 aliphatic rings. The zero-order valence-corrected chi connectivity index (χ0v) is 17.6. The summed E-state index contributed by atoms with van der Waals surface area (Å²) in [4.78, 5) is 27.3. The van der Waals surface area contributed by atoms with Gasteiger partial charge >= 0.3 is 0 Å². The molecule has 5 rings (SSSR count). The summed E-state index contributed by atoms with van der Waals surface area (Å²) in [5.41, 5.74) is 3.55. The Labute approximate surface area is 182 Å². The highest BCUT2D eigenvalue weighted by atomic mass is 16.5. The van der Waals surface area contributed by atoms with Crippen LogP contribution in [0.25, 0.3) is 10.8 Å². The number of ketones is 1. The van der Waals surface area contributed by atoms with E-state index in [0.717, 1.165) is 23.1 Å². The molecule has 1 fully saturated rings. The first kappa shape index (κ1) is 19.6. The van der Waals surface area contributed by atoms with Crippen LogP contribution in [0.4, 0.5) is 0 Å². The van der Waals surface area contributed by atoms with E-state index in [1.54, 1.807) is 4.90 Å². The first-order valence-corrected chi connectivity index (χ1v) is 10.8. The van der Waals surface area contributed by atoms with Crippen molar-refractivity contribution in [3.63, 3.8) is 0 Å². The lowest BCUT2D eigenvalue weighted by atomic mass is 9.90. The van der Waals surface area contributed by atoms with Crippen molar-refractivity contribution in [1.29, 1.82) is 0 Å². The van der Waals surface area contributed by atoms with E-state index in [2.05, 4.69) is 36.9 Å². The predicted molar refractivity (Wildman–Crippen MR) is 121 cm³/mol. The highest BCUT2D eigenvalue weighted by molar-refractivity contribution is 6.02. The van der Waals surface area contributed by atoms with Gasteiger partial charge in [0.15, 0.2) is 5.78 Å². The third-order valence-electron chi connectivity index (χ3n) is 6.44. The van der Waals surface area contributed by atoms with Crippen LogP contribution in [0, 0.1) is 0 Å². The third kappa shape index (κ3) is 3.52. The summed E-state index contributed by atoms with van der Waals surface area (Å²) in [5.74, 6) is 0.718. The Morgan fingerprint density at radius 1 is 1.03 bits per heavy atom. The number of nitrogens with zero attached hydrogens (tertiary/aromatic N) is 1. The van der Waals surface area contributed by atoms with E-state index in [1.165, 1.54) is 10.8 Å². The summed E-state index contributed by atoms with van der Waals surface area (Å²) in [6.45, 7) is 6.37. The average molecular weight is 412 g/mol. The van der Waals surface area contributed by atoms with E-state index in [1.807, 2.05) is 37.3 Å². The van der Waals surface area contributed by atoms with E-state index in [-0.39, 0.29) is 23.8 Å². The van der Waals surface area contributed by atoms with E-state index >= 15 is 0 Å². The molecule has 1 amide bonds. The number of hydrogen-bond donors (Lipinski definition) is 0. The molecule has 0 saturated heterocycles. The lowest BCUT2D eigenvalue weighted by molar-refractivity contribution is -0.124. The van der Waals surface area contributed by atoms with Crippen LogP contribution in [-0.2, 0) is 11.3 Å². The first-order valence-electron chi connectivity index (χ1n) is 10.8. The minimum absolute atomic E-state index is 0.0790. The lowest BCUT2D eigenvalue weighted by Crippen LogP contribution is -2.43. The number of fused-ring (bicyclic) bond motifs is 2. The highest BCUT2D eigenvalue weighted by Gasteiger charge is 2.39. The molecular weight excluding hydrogens is 386 g/mol. The number of amides is 1. The fraction of sp³-hybridized carbons (Fsp3) is 0.259. The Balaban J connectivity index is 1.40. The molecule has 0 spiro atoms. The number of ether oxygens (including phenoxy) is 1. The van der Waals surface area contributed by atoms with E-state index in [9.17, 15) is 9.59 Å². The summed E-state index contributed by atoms with van der Waals surface area (Å²) in [6, 6.07) is 19.8. The number of carbonyl (C=O) groups excluding carboxylic acids is 2. The SMILES string of the molecule is C=C1CCC(N2Cc3c(OC(C)c4ccc5ccccc5c4)cccc3C2=O)C(=O)C1. The molecular formula is C27H25NO3. The smallest absolute Gasteiger partial charge is 0.255 e. The number of carbonyl (C=O) groups is 2. The summed E-state index contributed by atoms with van der Waals surface area (Å²) in [6.07, 6.45) is 1.65. The fourth-order valence-electron chi connectivity index (χ4n) is 4.69. The second-order valence-corrected chi connectivity index (χ2v) is 8.53. The maximum atomic E-state index is 13.1. The van der Waals surface area contributed by atoms with Crippen molar-refractivity contribution in [3.05, 3.63) is 89.5 Å². The van der Waals surface area contributed by atoms with Gasteiger partial charge < -0.3 is 9.64 Å². The summed E-state index contributed by atoms with van der Waals surface area (Å²) in [7, 11) is 0. The quantitative estimate of drug-likeness (QED) is 0.524. The van der Waals surface area contributed by atoms with Gasteiger partial charge in [0.05, 0.1) is 12.6 Å². The van der Waals surface area contributed by atoms with Gasteiger partial charge in [-0.3, -0.25) is 9.59 Å². The molecule has 0 aromatic heterocycles. The molecule has 31 heavy (non-hydrogen) atoms. The maximum Gasteiger partial charge on any atom is 0.255 e. The molecule has 4 heteroatoms. The normalized spacial score (nSPS) is 19.6. The second kappa shape index (κ2) is 7.69. The Kier molecular flexibility index (Phi) is 4.85. The van der Waals surface area contributed by atoms with Gasteiger partial charge in [-0.25, -0.2) is 0 Å². The van der Waals surface area contributed by atoms with Gasteiger partial charge in [-0.15, -0.1) is 0 Å². The van der Waals surface area contributed by atoms with Crippen molar-refractivity contribution in [2.24, 2.45) is 0 Å². The molecule has 1 saturated carbocycles. The monoisotopic (exact) mass is 411 g/mol. The molecule has 1 heterocycles. The highest BCUT2D eigenvalue weighted by Crippen LogP contribution is 2.37. The molecule has 3 aromatic carbocycles.